The summed E-state index contributed by atoms with van der Waals surface area (Å²) < 4.78 is 11.0. The Bertz CT molecular complexity index is 706. The fourth-order valence-electron chi connectivity index (χ4n) is 2.60. The van der Waals surface area contributed by atoms with E-state index in [9.17, 15) is 4.79 Å². The quantitative estimate of drug-likeness (QED) is 0.823. The molecule has 1 heterocycles. The highest BCUT2D eigenvalue weighted by atomic mass is 32.2. The van der Waals surface area contributed by atoms with Crippen molar-refractivity contribution in [3.63, 3.8) is 0 Å². The van der Waals surface area contributed by atoms with Crippen LogP contribution in [0.15, 0.2) is 42.5 Å². The lowest BCUT2D eigenvalue weighted by Gasteiger charge is -2.11. The van der Waals surface area contributed by atoms with Crippen LogP contribution in [0.25, 0.3) is 0 Å². The summed E-state index contributed by atoms with van der Waals surface area (Å²) in [6.45, 7) is 0.419. The molecule has 0 aromatic heterocycles. The van der Waals surface area contributed by atoms with Gasteiger partial charge in [-0.05, 0) is 35.4 Å². The summed E-state index contributed by atoms with van der Waals surface area (Å²) in [5, 5.41) is 2.95. The van der Waals surface area contributed by atoms with Crippen molar-refractivity contribution < 1.29 is 14.3 Å². The first kappa shape index (κ1) is 18.0. The second kappa shape index (κ2) is 8.54. The molecule has 25 heavy (non-hydrogen) atoms. The predicted molar refractivity (Wildman–Crippen MR) is 105 cm³/mol. The number of carbonyl (C=O) groups is 1. The smallest absolute Gasteiger partial charge is 0.251 e. The Morgan fingerprint density at radius 3 is 2.20 bits per heavy atom. The van der Waals surface area contributed by atoms with Gasteiger partial charge in [0.1, 0.15) is 11.5 Å². The van der Waals surface area contributed by atoms with E-state index in [4.69, 9.17) is 9.47 Å². The van der Waals surface area contributed by atoms with Crippen LogP contribution in [-0.4, -0.2) is 31.6 Å². The molecule has 132 valence electrons. The van der Waals surface area contributed by atoms with Crippen molar-refractivity contribution in [2.24, 2.45) is 0 Å². The van der Waals surface area contributed by atoms with Gasteiger partial charge in [0.25, 0.3) is 5.91 Å². The van der Waals surface area contributed by atoms with Crippen LogP contribution in [0, 0.1) is 0 Å². The van der Waals surface area contributed by atoms with Gasteiger partial charge in [-0.15, -0.1) is 23.5 Å². The van der Waals surface area contributed by atoms with Crippen LogP contribution >= 0.6 is 23.5 Å². The Kier molecular flexibility index (Phi) is 6.15. The fourth-order valence-corrected chi connectivity index (χ4v) is 5.45. The summed E-state index contributed by atoms with van der Waals surface area (Å²) in [5.74, 6) is 3.72. The van der Waals surface area contributed by atoms with Gasteiger partial charge < -0.3 is 14.8 Å². The molecule has 0 spiro atoms. The number of amides is 1. The monoisotopic (exact) mass is 375 g/mol. The van der Waals surface area contributed by atoms with E-state index in [-0.39, 0.29) is 5.91 Å². The summed E-state index contributed by atoms with van der Waals surface area (Å²) in [4.78, 5) is 12.4. The Morgan fingerprint density at radius 1 is 1.04 bits per heavy atom. The molecule has 0 unspecified atom stereocenters. The second-order valence-electron chi connectivity index (χ2n) is 5.60. The molecule has 1 aliphatic heterocycles. The molecule has 3 rings (SSSR count). The Hall–Kier alpha value is -1.79. The topological polar surface area (TPSA) is 47.6 Å². The van der Waals surface area contributed by atoms with Crippen LogP contribution < -0.4 is 14.8 Å². The number of hydrogen-bond donors (Lipinski definition) is 1. The van der Waals surface area contributed by atoms with Gasteiger partial charge in [-0.25, -0.2) is 0 Å². The molecule has 1 N–H and O–H groups in total. The molecule has 0 bridgehead atoms. The molecule has 1 amide bonds. The predicted octanol–water partition coefficient (Wildman–Crippen LogP) is 4.11. The molecule has 1 saturated heterocycles. The van der Waals surface area contributed by atoms with Crippen LogP contribution in [0.1, 0.15) is 26.1 Å². The maximum Gasteiger partial charge on any atom is 0.251 e. The highest BCUT2D eigenvalue weighted by molar-refractivity contribution is 8.19. The summed E-state index contributed by atoms with van der Waals surface area (Å²) in [6, 6.07) is 13.5. The van der Waals surface area contributed by atoms with E-state index in [2.05, 4.69) is 17.4 Å². The number of nitrogens with one attached hydrogen (secondary N) is 1. The van der Waals surface area contributed by atoms with Crippen molar-refractivity contribution in [1.29, 1.82) is 0 Å². The maximum atomic E-state index is 12.4. The summed E-state index contributed by atoms with van der Waals surface area (Å²) in [7, 11) is 3.22. The van der Waals surface area contributed by atoms with E-state index in [1.807, 2.05) is 53.9 Å². The van der Waals surface area contributed by atoms with Crippen molar-refractivity contribution in [2.45, 2.75) is 11.1 Å². The standard InChI is InChI=1S/C19H21NO3S2/c1-22-16-9-13(10-17(11-16)23-2)12-20-18(21)14-3-5-15(6-4-14)19-24-7-8-25-19/h3-6,9-11,19H,7-8,12H2,1-2H3,(H,20,21). The number of rotatable bonds is 6. The summed E-state index contributed by atoms with van der Waals surface area (Å²) >= 11 is 3.93. The third kappa shape index (κ3) is 4.64. The van der Waals surface area contributed by atoms with Crippen molar-refractivity contribution >= 4 is 29.4 Å². The molecule has 0 aliphatic carbocycles. The van der Waals surface area contributed by atoms with Gasteiger partial charge >= 0.3 is 0 Å². The zero-order chi connectivity index (χ0) is 17.6. The largest absolute Gasteiger partial charge is 0.497 e. The average molecular weight is 376 g/mol. The average Bonchev–Trinajstić information content (AvgIpc) is 3.20. The molecule has 2 aromatic rings. The Morgan fingerprint density at radius 2 is 1.64 bits per heavy atom. The first-order valence-corrected chi connectivity index (χ1v) is 10.1. The lowest BCUT2D eigenvalue weighted by Crippen LogP contribution is -2.22. The molecule has 2 aromatic carbocycles. The normalized spacial score (nSPS) is 14.3. The lowest BCUT2D eigenvalue weighted by molar-refractivity contribution is 0.0951. The van der Waals surface area contributed by atoms with Crippen LogP contribution in [0.3, 0.4) is 0 Å². The van der Waals surface area contributed by atoms with Crippen LogP contribution in [0.5, 0.6) is 11.5 Å². The first-order valence-electron chi connectivity index (χ1n) is 8.03. The molecule has 0 atom stereocenters. The third-order valence-electron chi connectivity index (χ3n) is 3.93. The maximum absolute atomic E-state index is 12.4. The molecule has 1 fully saturated rings. The zero-order valence-electron chi connectivity index (χ0n) is 14.3. The number of thioether (sulfide) groups is 2. The van der Waals surface area contributed by atoms with Crippen LogP contribution in [0.2, 0.25) is 0 Å². The second-order valence-corrected chi connectivity index (χ2v) is 8.32. The van der Waals surface area contributed by atoms with Gasteiger partial charge in [0.15, 0.2) is 0 Å². The number of carbonyl (C=O) groups excluding carboxylic acids is 1. The zero-order valence-corrected chi connectivity index (χ0v) is 15.9. The van der Waals surface area contributed by atoms with E-state index in [1.165, 1.54) is 17.1 Å². The highest BCUT2D eigenvalue weighted by Gasteiger charge is 2.18. The molecule has 0 radical (unpaired) electrons. The number of ether oxygens (including phenoxy) is 2. The Balaban J connectivity index is 1.62. The van der Waals surface area contributed by atoms with Crippen molar-refractivity contribution in [3.05, 3.63) is 59.2 Å². The third-order valence-corrected chi connectivity index (χ3v) is 7.04. The Labute approximate surface area is 156 Å². The van der Waals surface area contributed by atoms with E-state index in [0.717, 1.165) is 5.56 Å². The fraction of sp³-hybridized carbons (Fsp3) is 0.316. The van der Waals surface area contributed by atoms with Crippen LogP contribution in [-0.2, 0) is 6.54 Å². The molecule has 0 saturated carbocycles. The highest BCUT2D eigenvalue weighted by Crippen LogP contribution is 2.45. The van der Waals surface area contributed by atoms with E-state index >= 15 is 0 Å². The summed E-state index contributed by atoms with van der Waals surface area (Å²) in [5.41, 5.74) is 2.88. The summed E-state index contributed by atoms with van der Waals surface area (Å²) in [6.07, 6.45) is 0. The van der Waals surface area contributed by atoms with Gasteiger partial charge in [-0.3, -0.25) is 4.79 Å². The first-order chi connectivity index (χ1) is 12.2. The minimum Gasteiger partial charge on any atom is -0.497 e. The molecular weight excluding hydrogens is 354 g/mol. The molecular formula is C19H21NO3S2. The number of hydrogen-bond acceptors (Lipinski definition) is 5. The minimum absolute atomic E-state index is 0.0833. The molecule has 4 nitrogen and oxygen atoms in total. The van der Waals surface area contributed by atoms with Crippen molar-refractivity contribution in [1.82, 2.24) is 5.32 Å². The van der Waals surface area contributed by atoms with Crippen molar-refractivity contribution in [3.8, 4) is 11.5 Å². The molecule has 6 heteroatoms. The minimum atomic E-state index is -0.0833. The van der Waals surface area contributed by atoms with Gasteiger partial charge in [0, 0.05) is 29.7 Å². The van der Waals surface area contributed by atoms with Gasteiger partial charge in [0.2, 0.25) is 0 Å². The lowest BCUT2D eigenvalue weighted by atomic mass is 10.1. The van der Waals surface area contributed by atoms with E-state index in [0.29, 0.717) is 28.2 Å². The van der Waals surface area contributed by atoms with Gasteiger partial charge in [-0.1, -0.05) is 12.1 Å². The van der Waals surface area contributed by atoms with Crippen molar-refractivity contribution in [2.75, 3.05) is 25.7 Å². The van der Waals surface area contributed by atoms with E-state index in [1.54, 1.807) is 14.2 Å². The SMILES string of the molecule is COc1cc(CNC(=O)c2ccc(C3SCCS3)cc2)cc(OC)c1. The molecule has 1 aliphatic rings. The van der Waals surface area contributed by atoms with Gasteiger partial charge in [-0.2, -0.15) is 0 Å². The number of benzene rings is 2. The van der Waals surface area contributed by atoms with Gasteiger partial charge in [0.05, 0.1) is 18.8 Å². The van der Waals surface area contributed by atoms with Crippen LogP contribution in [0.4, 0.5) is 0 Å². The number of methoxy groups -OCH3 is 2. The van der Waals surface area contributed by atoms with E-state index < -0.39 is 0 Å².